The summed E-state index contributed by atoms with van der Waals surface area (Å²) in [6.45, 7) is -0.264. The molecule has 0 bridgehead atoms. The van der Waals surface area contributed by atoms with Gasteiger partial charge in [0.05, 0.1) is 11.4 Å². The molecule has 2 aromatic carbocycles. The maximum Gasteiger partial charge on any atom is 0.278 e. The van der Waals surface area contributed by atoms with Gasteiger partial charge < -0.3 is 5.32 Å². The molecule has 0 aliphatic rings. The predicted molar refractivity (Wildman–Crippen MR) is 105 cm³/mol. The number of aromatic nitrogens is 3. The van der Waals surface area contributed by atoms with Gasteiger partial charge in [0.2, 0.25) is 5.91 Å². The van der Waals surface area contributed by atoms with Crippen molar-refractivity contribution in [1.82, 2.24) is 20.3 Å². The van der Waals surface area contributed by atoms with Crippen molar-refractivity contribution in [2.24, 2.45) is 0 Å². The summed E-state index contributed by atoms with van der Waals surface area (Å²) in [5.41, 5.74) is 0.844. The molecule has 1 atom stereocenters. The minimum absolute atomic E-state index is 0.264. The Labute approximate surface area is 163 Å². The molecule has 0 radical (unpaired) electrons. The zero-order chi connectivity index (χ0) is 19.5. The summed E-state index contributed by atoms with van der Waals surface area (Å²) in [5.74, 6) is -0.743. The number of carbonyl (C=O) groups is 1. The lowest BCUT2D eigenvalue weighted by atomic mass is 10.1. The molecule has 0 aliphatic heterocycles. The first-order chi connectivity index (χ1) is 13.6. The van der Waals surface area contributed by atoms with Gasteiger partial charge >= 0.3 is 0 Å². The summed E-state index contributed by atoms with van der Waals surface area (Å²) in [4.78, 5) is 26.1. The molecule has 0 fully saturated rings. The third kappa shape index (κ3) is 3.67. The van der Waals surface area contributed by atoms with Crippen LogP contribution in [0.25, 0.3) is 10.9 Å². The van der Waals surface area contributed by atoms with E-state index in [0.29, 0.717) is 10.9 Å². The van der Waals surface area contributed by atoms with Crippen molar-refractivity contribution < 1.29 is 9.18 Å². The first-order valence-electron chi connectivity index (χ1n) is 8.52. The molecule has 1 unspecified atom stereocenters. The number of halogens is 1. The Bertz CT molecular complexity index is 1170. The molecule has 2 aromatic heterocycles. The average Bonchev–Trinajstić information content (AvgIpc) is 3.24. The van der Waals surface area contributed by atoms with E-state index in [2.05, 4.69) is 15.6 Å². The molecular formula is C20H15FN4O2S. The Hall–Kier alpha value is -3.39. The third-order valence-corrected chi connectivity index (χ3v) is 5.20. The van der Waals surface area contributed by atoms with Crippen LogP contribution in [0.1, 0.15) is 16.5 Å². The standard InChI is InChI=1S/C20H15FN4O2S/c21-14-9-7-13(8-10-14)19(17-6-3-11-28-17)22-18(26)12-25-20(27)15-4-1-2-5-16(15)23-24-25/h1-11,19H,12H2,(H,22,26). The first-order valence-corrected chi connectivity index (χ1v) is 9.40. The Morgan fingerprint density at radius 2 is 1.89 bits per heavy atom. The van der Waals surface area contributed by atoms with Gasteiger partial charge in [-0.05, 0) is 41.3 Å². The van der Waals surface area contributed by atoms with E-state index in [0.717, 1.165) is 15.1 Å². The molecule has 140 valence electrons. The fourth-order valence-electron chi connectivity index (χ4n) is 2.90. The van der Waals surface area contributed by atoms with Crippen molar-refractivity contribution in [3.8, 4) is 0 Å². The van der Waals surface area contributed by atoms with E-state index >= 15 is 0 Å². The summed E-state index contributed by atoms with van der Waals surface area (Å²) in [5, 5.41) is 13.0. The van der Waals surface area contributed by atoms with Crippen LogP contribution >= 0.6 is 11.3 Å². The highest BCUT2D eigenvalue weighted by atomic mass is 32.1. The number of rotatable bonds is 5. The van der Waals surface area contributed by atoms with Crippen LogP contribution in [-0.4, -0.2) is 20.9 Å². The highest BCUT2D eigenvalue weighted by Gasteiger charge is 2.19. The molecule has 2 heterocycles. The normalized spacial score (nSPS) is 12.0. The van der Waals surface area contributed by atoms with Crippen molar-refractivity contribution in [1.29, 1.82) is 0 Å². The molecule has 0 aliphatic carbocycles. The fourth-order valence-corrected chi connectivity index (χ4v) is 3.70. The van der Waals surface area contributed by atoms with Gasteiger partial charge in [-0.25, -0.2) is 9.07 Å². The molecule has 4 rings (SSSR count). The Balaban J connectivity index is 1.59. The number of thiophene rings is 1. The van der Waals surface area contributed by atoms with E-state index in [1.54, 1.807) is 36.4 Å². The third-order valence-electron chi connectivity index (χ3n) is 4.26. The molecule has 8 heteroatoms. The summed E-state index contributed by atoms with van der Waals surface area (Å²) in [6.07, 6.45) is 0. The van der Waals surface area contributed by atoms with Crippen molar-refractivity contribution in [3.05, 3.63) is 92.7 Å². The lowest BCUT2D eigenvalue weighted by molar-refractivity contribution is -0.122. The molecule has 1 amide bonds. The van der Waals surface area contributed by atoms with Gasteiger partial charge in [0.1, 0.15) is 17.9 Å². The van der Waals surface area contributed by atoms with Crippen molar-refractivity contribution in [2.45, 2.75) is 12.6 Å². The number of fused-ring (bicyclic) bond motifs is 1. The SMILES string of the molecule is O=C(Cn1nnc2ccccc2c1=O)NC(c1ccc(F)cc1)c1cccs1. The molecular weight excluding hydrogens is 379 g/mol. The van der Waals surface area contributed by atoms with Gasteiger partial charge in [-0.2, -0.15) is 0 Å². The second-order valence-electron chi connectivity index (χ2n) is 6.14. The summed E-state index contributed by atoms with van der Waals surface area (Å²) >= 11 is 1.48. The van der Waals surface area contributed by atoms with E-state index < -0.39 is 11.9 Å². The van der Waals surface area contributed by atoms with E-state index in [1.807, 2.05) is 17.5 Å². The van der Waals surface area contributed by atoms with Crippen LogP contribution in [0.2, 0.25) is 0 Å². The average molecular weight is 394 g/mol. The van der Waals surface area contributed by atoms with Gasteiger partial charge in [-0.1, -0.05) is 35.5 Å². The van der Waals surface area contributed by atoms with Crippen LogP contribution in [0.3, 0.4) is 0 Å². The van der Waals surface area contributed by atoms with Gasteiger partial charge in [0.25, 0.3) is 5.56 Å². The molecule has 4 aromatic rings. The van der Waals surface area contributed by atoms with Gasteiger partial charge in [-0.15, -0.1) is 16.4 Å². The topological polar surface area (TPSA) is 76.9 Å². The molecule has 0 spiro atoms. The largest absolute Gasteiger partial charge is 0.343 e. The number of carbonyl (C=O) groups excluding carboxylic acids is 1. The number of hydrogen-bond acceptors (Lipinski definition) is 5. The summed E-state index contributed by atoms with van der Waals surface area (Å²) in [6, 6.07) is 16.1. The van der Waals surface area contributed by atoms with Gasteiger partial charge in [0, 0.05) is 4.88 Å². The van der Waals surface area contributed by atoms with Gasteiger partial charge in [0.15, 0.2) is 0 Å². The van der Waals surface area contributed by atoms with Crippen molar-refractivity contribution >= 4 is 28.1 Å². The second-order valence-corrected chi connectivity index (χ2v) is 7.12. The van der Waals surface area contributed by atoms with Crippen LogP contribution in [0.5, 0.6) is 0 Å². The number of amides is 1. The minimum atomic E-state index is -0.447. The summed E-state index contributed by atoms with van der Waals surface area (Å²) in [7, 11) is 0. The predicted octanol–water partition coefficient (Wildman–Crippen LogP) is 2.90. The first kappa shape index (κ1) is 18.0. The van der Waals surface area contributed by atoms with Crippen LogP contribution in [-0.2, 0) is 11.3 Å². The number of nitrogens with zero attached hydrogens (tertiary/aromatic N) is 3. The van der Waals surface area contributed by atoms with E-state index in [-0.39, 0.29) is 17.9 Å². The maximum atomic E-state index is 13.3. The van der Waals surface area contributed by atoms with E-state index in [4.69, 9.17) is 0 Å². The zero-order valence-electron chi connectivity index (χ0n) is 14.6. The summed E-state index contributed by atoms with van der Waals surface area (Å²) < 4.78 is 14.3. The van der Waals surface area contributed by atoms with E-state index in [1.165, 1.54) is 23.5 Å². The Morgan fingerprint density at radius 3 is 2.64 bits per heavy atom. The van der Waals surface area contributed by atoms with E-state index in [9.17, 15) is 14.0 Å². The number of hydrogen-bond donors (Lipinski definition) is 1. The van der Waals surface area contributed by atoms with Crippen LogP contribution in [0.15, 0.2) is 70.8 Å². The smallest absolute Gasteiger partial charge is 0.278 e. The molecule has 0 saturated heterocycles. The minimum Gasteiger partial charge on any atom is -0.343 e. The van der Waals surface area contributed by atoms with Gasteiger partial charge in [-0.3, -0.25) is 9.59 Å². The molecule has 1 N–H and O–H groups in total. The van der Waals surface area contributed by atoms with Crippen LogP contribution in [0, 0.1) is 5.82 Å². The zero-order valence-corrected chi connectivity index (χ0v) is 15.4. The van der Waals surface area contributed by atoms with Crippen LogP contribution < -0.4 is 10.9 Å². The quantitative estimate of drug-likeness (QED) is 0.565. The number of nitrogens with one attached hydrogen (secondary N) is 1. The highest BCUT2D eigenvalue weighted by molar-refractivity contribution is 7.10. The fraction of sp³-hybridized carbons (Fsp3) is 0.100. The molecule has 28 heavy (non-hydrogen) atoms. The number of benzene rings is 2. The Kier molecular flexibility index (Phi) is 4.94. The van der Waals surface area contributed by atoms with Crippen molar-refractivity contribution in [3.63, 3.8) is 0 Å². The second kappa shape index (κ2) is 7.69. The molecule has 0 saturated carbocycles. The maximum absolute atomic E-state index is 13.3. The molecule has 6 nitrogen and oxygen atoms in total. The van der Waals surface area contributed by atoms with Crippen LogP contribution in [0.4, 0.5) is 4.39 Å². The monoisotopic (exact) mass is 394 g/mol. The highest BCUT2D eigenvalue weighted by Crippen LogP contribution is 2.26. The lowest BCUT2D eigenvalue weighted by Gasteiger charge is -2.18. The van der Waals surface area contributed by atoms with Crippen molar-refractivity contribution in [2.75, 3.05) is 0 Å². The Morgan fingerprint density at radius 1 is 1.11 bits per heavy atom. The lowest BCUT2D eigenvalue weighted by Crippen LogP contribution is -2.36.